The highest BCUT2D eigenvalue weighted by Crippen LogP contribution is 2.36. The summed E-state index contributed by atoms with van der Waals surface area (Å²) in [4.78, 5) is 20.7. The average molecular weight is 335 g/mol. The number of aromatic amines is 1. The van der Waals surface area contributed by atoms with Gasteiger partial charge in [0.15, 0.2) is 4.98 Å². The van der Waals surface area contributed by atoms with E-state index in [1.54, 1.807) is 6.92 Å². The van der Waals surface area contributed by atoms with E-state index in [1.165, 1.54) is 6.20 Å². The molecule has 0 aromatic carbocycles. The fraction of sp³-hybridized carbons (Fsp3) is 0.467. The SMILES string of the molecule is CCOC(=O)c1c[nH]c(/C(O)=C/[N+]#N)c1C1CCN(CC)C1=S. The van der Waals surface area contributed by atoms with Crippen LogP contribution in [0.1, 0.15) is 47.8 Å². The molecule has 122 valence electrons. The van der Waals surface area contributed by atoms with Gasteiger partial charge >= 0.3 is 12.2 Å². The van der Waals surface area contributed by atoms with Crippen molar-refractivity contribution in [1.82, 2.24) is 9.88 Å². The number of diazo groups is 1. The van der Waals surface area contributed by atoms with Crippen LogP contribution in [-0.4, -0.2) is 45.6 Å². The Balaban J connectivity index is 2.52. The molecule has 0 saturated carbocycles. The molecular weight excluding hydrogens is 316 g/mol. The summed E-state index contributed by atoms with van der Waals surface area (Å²) in [5.41, 5.74) is 1.24. The molecule has 8 heteroatoms. The van der Waals surface area contributed by atoms with Gasteiger partial charge in [-0.3, -0.25) is 0 Å². The first-order valence-electron chi connectivity index (χ1n) is 7.45. The molecule has 1 aliphatic heterocycles. The molecule has 1 saturated heterocycles. The van der Waals surface area contributed by atoms with Crippen molar-refractivity contribution < 1.29 is 14.6 Å². The van der Waals surface area contributed by atoms with Crippen LogP contribution in [0.25, 0.3) is 10.7 Å². The molecule has 1 unspecified atom stereocenters. The van der Waals surface area contributed by atoms with Crippen molar-refractivity contribution in [3.05, 3.63) is 34.2 Å². The number of hydrogen-bond acceptors (Lipinski definition) is 5. The maximum absolute atomic E-state index is 12.2. The third-order valence-electron chi connectivity index (χ3n) is 3.88. The average Bonchev–Trinajstić information content (AvgIpc) is 3.10. The maximum Gasteiger partial charge on any atom is 0.393 e. The zero-order valence-corrected chi connectivity index (χ0v) is 13.9. The Morgan fingerprint density at radius 1 is 1.65 bits per heavy atom. The van der Waals surface area contributed by atoms with Crippen molar-refractivity contribution in [1.29, 1.82) is 5.39 Å². The number of ether oxygens (including phenoxy) is 1. The number of carbonyl (C=O) groups excluding carboxylic acids is 1. The number of aliphatic hydroxyl groups excluding tert-OH is 1. The van der Waals surface area contributed by atoms with E-state index in [2.05, 4.69) is 14.9 Å². The lowest BCUT2D eigenvalue weighted by Gasteiger charge is -2.18. The molecule has 2 N–H and O–H groups in total. The molecule has 2 heterocycles. The van der Waals surface area contributed by atoms with Crippen molar-refractivity contribution in [2.24, 2.45) is 0 Å². The van der Waals surface area contributed by atoms with Gasteiger partial charge in [0, 0.05) is 30.8 Å². The fourth-order valence-corrected chi connectivity index (χ4v) is 3.28. The summed E-state index contributed by atoms with van der Waals surface area (Å²) in [5, 5.41) is 18.7. The largest absolute Gasteiger partial charge is 0.500 e. The van der Waals surface area contributed by atoms with Gasteiger partial charge in [-0.05, 0) is 20.3 Å². The van der Waals surface area contributed by atoms with E-state index < -0.39 is 5.97 Å². The van der Waals surface area contributed by atoms with E-state index in [9.17, 15) is 9.90 Å². The summed E-state index contributed by atoms with van der Waals surface area (Å²) >= 11 is 5.52. The molecular formula is C15H19N4O3S+. The summed E-state index contributed by atoms with van der Waals surface area (Å²) in [6, 6.07) is 0. The first-order chi connectivity index (χ1) is 11.0. The standard InChI is InChI=1S/C15H18N4O3S/c1-3-19-6-5-9(14(19)23)12-10(15(21)22-4-2)7-17-13(12)11(20)8-18-16/h7-9H,3-6H2,1-2H3,(H-,17,20,21)/p+1/b11-8-. The molecule has 1 aromatic heterocycles. The van der Waals surface area contributed by atoms with Crippen LogP contribution in [0, 0.1) is 5.39 Å². The normalized spacial score (nSPS) is 18.1. The molecule has 7 nitrogen and oxygen atoms in total. The number of thiocarbonyl (C=S) groups is 1. The number of likely N-dealkylation sites (N-methyl/N-ethyl adjacent to an activating group) is 1. The Kier molecular flexibility index (Phi) is 5.34. The highest BCUT2D eigenvalue weighted by Gasteiger charge is 2.35. The maximum atomic E-state index is 12.2. The van der Waals surface area contributed by atoms with Crippen LogP contribution in [0.3, 0.4) is 0 Å². The monoisotopic (exact) mass is 335 g/mol. The van der Waals surface area contributed by atoms with Crippen molar-refractivity contribution >= 4 is 28.9 Å². The molecule has 0 radical (unpaired) electrons. The number of aliphatic hydroxyl groups is 1. The predicted molar refractivity (Wildman–Crippen MR) is 89.6 cm³/mol. The van der Waals surface area contributed by atoms with Crippen LogP contribution in [0.4, 0.5) is 0 Å². The quantitative estimate of drug-likeness (QED) is 0.372. The van der Waals surface area contributed by atoms with Crippen LogP contribution in [0.15, 0.2) is 12.4 Å². The summed E-state index contributed by atoms with van der Waals surface area (Å²) in [6.45, 7) is 5.58. The van der Waals surface area contributed by atoms with Crippen molar-refractivity contribution in [3.8, 4) is 0 Å². The van der Waals surface area contributed by atoms with Gasteiger partial charge in [0.05, 0.1) is 22.9 Å². The molecule has 0 aliphatic carbocycles. The molecule has 2 rings (SSSR count). The van der Waals surface area contributed by atoms with E-state index in [0.717, 1.165) is 30.7 Å². The predicted octanol–water partition coefficient (Wildman–Crippen LogP) is 3.04. The first-order valence-corrected chi connectivity index (χ1v) is 7.86. The number of H-pyrrole nitrogens is 1. The number of nitrogens with zero attached hydrogens (tertiary/aromatic N) is 3. The summed E-state index contributed by atoms with van der Waals surface area (Å²) < 4.78 is 5.08. The van der Waals surface area contributed by atoms with E-state index in [4.69, 9.17) is 22.3 Å². The lowest BCUT2D eigenvalue weighted by molar-refractivity contribution is 0.0525. The van der Waals surface area contributed by atoms with Gasteiger partial charge in [0.25, 0.3) is 0 Å². The van der Waals surface area contributed by atoms with Crippen LogP contribution in [-0.2, 0) is 4.74 Å². The minimum atomic E-state index is -0.475. The first kappa shape index (κ1) is 17.0. The Morgan fingerprint density at radius 2 is 2.39 bits per heavy atom. The summed E-state index contributed by atoms with van der Waals surface area (Å²) in [6.07, 6.45) is 3.13. The minimum Gasteiger partial charge on any atom is -0.500 e. The molecule has 0 bridgehead atoms. The smallest absolute Gasteiger partial charge is 0.393 e. The number of rotatable bonds is 5. The second kappa shape index (κ2) is 7.24. The van der Waals surface area contributed by atoms with E-state index >= 15 is 0 Å². The zero-order valence-electron chi connectivity index (χ0n) is 13.1. The molecule has 1 aliphatic rings. The Hall–Kier alpha value is -2.40. The number of carbonyl (C=O) groups is 1. The van der Waals surface area contributed by atoms with Crippen LogP contribution in [0.5, 0.6) is 0 Å². The van der Waals surface area contributed by atoms with E-state index in [-0.39, 0.29) is 18.3 Å². The summed E-state index contributed by atoms with van der Waals surface area (Å²) in [5.74, 6) is -0.924. The Bertz CT molecular complexity index is 689. The second-order valence-electron chi connectivity index (χ2n) is 5.10. The molecule has 0 spiro atoms. The number of aromatic nitrogens is 1. The number of nitrogens with one attached hydrogen (secondary N) is 1. The zero-order chi connectivity index (χ0) is 17.0. The molecule has 1 atom stereocenters. The number of likely N-dealkylation sites (tertiary alicyclic amines) is 1. The highest BCUT2D eigenvalue weighted by molar-refractivity contribution is 7.80. The molecule has 0 amide bonds. The van der Waals surface area contributed by atoms with Gasteiger partial charge in [-0.25, -0.2) is 4.79 Å². The van der Waals surface area contributed by atoms with Gasteiger partial charge in [0.1, 0.15) is 0 Å². The van der Waals surface area contributed by atoms with Crippen LogP contribution in [0.2, 0.25) is 0 Å². The van der Waals surface area contributed by atoms with Crippen molar-refractivity contribution in [2.75, 3.05) is 19.7 Å². The van der Waals surface area contributed by atoms with Gasteiger partial charge in [-0.15, -0.1) is 0 Å². The number of esters is 1. The molecule has 1 aromatic rings. The third-order valence-corrected chi connectivity index (χ3v) is 4.42. The molecule has 23 heavy (non-hydrogen) atoms. The third kappa shape index (κ3) is 3.19. The Morgan fingerprint density at radius 3 is 2.96 bits per heavy atom. The topological polar surface area (TPSA) is 93.7 Å². The van der Waals surface area contributed by atoms with Crippen molar-refractivity contribution in [3.63, 3.8) is 0 Å². The Labute approximate surface area is 139 Å². The van der Waals surface area contributed by atoms with E-state index in [1.807, 2.05) is 6.92 Å². The van der Waals surface area contributed by atoms with Gasteiger partial charge in [-0.2, -0.15) is 0 Å². The lowest BCUT2D eigenvalue weighted by atomic mass is 9.93. The van der Waals surface area contributed by atoms with Crippen LogP contribution < -0.4 is 0 Å². The number of hydrogen-bond donors (Lipinski definition) is 2. The highest BCUT2D eigenvalue weighted by atomic mass is 32.1. The minimum absolute atomic E-state index is 0.181. The van der Waals surface area contributed by atoms with Gasteiger partial charge < -0.3 is 19.7 Å². The lowest BCUT2D eigenvalue weighted by Crippen LogP contribution is -2.25. The second-order valence-corrected chi connectivity index (χ2v) is 5.52. The van der Waals surface area contributed by atoms with Gasteiger partial charge in [-0.1, -0.05) is 12.2 Å². The molecule has 1 fully saturated rings. The fourth-order valence-electron chi connectivity index (χ4n) is 2.83. The van der Waals surface area contributed by atoms with E-state index in [0.29, 0.717) is 16.8 Å². The summed E-state index contributed by atoms with van der Waals surface area (Å²) in [7, 11) is 0. The van der Waals surface area contributed by atoms with Gasteiger partial charge in [0.2, 0.25) is 11.2 Å². The van der Waals surface area contributed by atoms with Crippen LogP contribution >= 0.6 is 12.2 Å². The van der Waals surface area contributed by atoms with Crippen molar-refractivity contribution in [2.45, 2.75) is 26.2 Å².